The molecule has 59 heavy (non-hydrogen) atoms. The van der Waals surface area contributed by atoms with Crippen LogP contribution in [0.15, 0.2) is 117 Å². The molecular formula is C52H63FN4O2+2. The first kappa shape index (κ1) is 40.2. The normalized spacial score (nSPS) is 29.7. The van der Waals surface area contributed by atoms with Crippen LogP contribution in [0.2, 0.25) is 0 Å². The maximum absolute atomic E-state index is 17.8. The van der Waals surface area contributed by atoms with Gasteiger partial charge in [0.1, 0.15) is 43.2 Å². The quantitative estimate of drug-likeness (QED) is 0.0737. The highest BCUT2D eigenvalue weighted by molar-refractivity contribution is 5.83. The van der Waals surface area contributed by atoms with E-state index in [0.717, 1.165) is 93.8 Å². The zero-order valence-electron chi connectivity index (χ0n) is 35.2. The summed E-state index contributed by atoms with van der Waals surface area (Å²) in [5, 5.41) is 2.28. The number of fused-ring (bicyclic) bond motifs is 8. The zero-order chi connectivity index (χ0) is 40.6. The molecule has 0 radical (unpaired) electrons. The van der Waals surface area contributed by atoms with E-state index in [1.54, 1.807) is 0 Å². The van der Waals surface area contributed by atoms with Gasteiger partial charge in [0.05, 0.1) is 50.4 Å². The van der Waals surface area contributed by atoms with Gasteiger partial charge in [0.2, 0.25) is 0 Å². The number of pyridine rings is 2. The van der Waals surface area contributed by atoms with Gasteiger partial charge in [-0.2, -0.15) is 0 Å². The molecule has 0 amide bonds. The van der Waals surface area contributed by atoms with Crippen LogP contribution in [0, 0.1) is 29.5 Å². The Morgan fingerprint density at radius 2 is 1.12 bits per heavy atom. The van der Waals surface area contributed by atoms with Crippen molar-refractivity contribution in [1.82, 2.24) is 9.97 Å². The molecule has 6 nitrogen and oxygen atoms in total. The summed E-state index contributed by atoms with van der Waals surface area (Å²) in [6, 6.07) is 27.9. The first-order chi connectivity index (χ1) is 28.9. The summed E-state index contributed by atoms with van der Waals surface area (Å²) in [7, 11) is 0. The second kappa shape index (κ2) is 17.0. The fourth-order valence-corrected chi connectivity index (χ4v) is 12.7. The van der Waals surface area contributed by atoms with Gasteiger partial charge >= 0.3 is 0 Å². The van der Waals surface area contributed by atoms with Crippen LogP contribution in [0.3, 0.4) is 0 Å². The Labute approximate surface area is 350 Å². The van der Waals surface area contributed by atoms with Gasteiger partial charge in [-0.05, 0) is 60.1 Å². The minimum absolute atomic E-state index is 0.0117. The molecule has 0 saturated carbocycles. The molecule has 10 atom stereocenters. The molecule has 6 aliphatic heterocycles. The van der Waals surface area contributed by atoms with Crippen LogP contribution in [0.1, 0.15) is 86.8 Å². The summed E-state index contributed by atoms with van der Waals surface area (Å²) in [5.41, 5.74) is 6.03. The number of hydrogen-bond acceptors (Lipinski definition) is 4. The fraction of sp³-hybridized carbons (Fsp3) is 0.462. The molecule has 0 spiro atoms. The molecule has 8 heterocycles. The van der Waals surface area contributed by atoms with Crippen molar-refractivity contribution < 1.29 is 22.8 Å². The average molecular weight is 795 g/mol. The highest BCUT2D eigenvalue weighted by Crippen LogP contribution is 2.52. The maximum atomic E-state index is 17.8. The van der Waals surface area contributed by atoms with Crippen LogP contribution in [0.4, 0.5) is 4.39 Å². The average Bonchev–Trinajstić information content (AvgIpc) is 3.28. The summed E-state index contributed by atoms with van der Waals surface area (Å²) in [4.78, 5) is 9.43. The van der Waals surface area contributed by atoms with Crippen LogP contribution in [-0.2, 0) is 22.6 Å². The van der Waals surface area contributed by atoms with E-state index in [-0.39, 0.29) is 30.1 Å². The van der Waals surface area contributed by atoms with Crippen molar-refractivity contribution in [3.8, 4) is 0 Å². The lowest BCUT2D eigenvalue weighted by molar-refractivity contribution is -0.986. The molecule has 0 N–H and O–H groups in total. The number of aromatic nitrogens is 2. The first-order valence-corrected chi connectivity index (χ1v) is 22.5. The topological polar surface area (TPSA) is 44.2 Å². The Morgan fingerprint density at radius 1 is 0.661 bits per heavy atom. The van der Waals surface area contributed by atoms with Crippen molar-refractivity contribution >= 4 is 21.8 Å². The Balaban J connectivity index is 1.09. The molecule has 0 aliphatic carbocycles. The smallest absolute Gasteiger partial charge is 0.140 e. The molecular weight excluding hydrogens is 732 g/mol. The predicted molar refractivity (Wildman–Crippen MR) is 236 cm³/mol. The molecule has 4 bridgehead atoms. The molecule has 2 aromatic heterocycles. The van der Waals surface area contributed by atoms with Crippen molar-refractivity contribution in [2.75, 3.05) is 39.4 Å². The number of piperidine rings is 6. The number of rotatable bonds is 16. The highest BCUT2D eigenvalue weighted by Gasteiger charge is 2.57. The number of ether oxygens (including phenoxy) is 2. The molecule has 6 saturated heterocycles. The number of halogens is 1. The van der Waals surface area contributed by atoms with Gasteiger partial charge in [0.15, 0.2) is 0 Å². The molecule has 0 unspecified atom stereocenters. The Hall–Kier alpha value is -4.27. The van der Waals surface area contributed by atoms with Crippen molar-refractivity contribution in [2.45, 2.75) is 89.8 Å². The number of para-hydroxylation sites is 2. The second-order valence-corrected chi connectivity index (χ2v) is 18.4. The summed E-state index contributed by atoms with van der Waals surface area (Å²) in [6.45, 7) is 19.2. The first-order valence-electron chi connectivity index (χ1n) is 22.5. The third kappa shape index (κ3) is 7.36. The zero-order valence-corrected chi connectivity index (χ0v) is 35.2. The lowest BCUT2D eigenvalue weighted by atomic mass is 9.70. The lowest BCUT2D eigenvalue weighted by Gasteiger charge is -2.59. The molecule has 11 rings (SSSR count). The van der Waals surface area contributed by atoms with Crippen molar-refractivity contribution in [3.05, 3.63) is 145 Å². The summed E-state index contributed by atoms with van der Waals surface area (Å²) >= 11 is 0. The van der Waals surface area contributed by atoms with Gasteiger partial charge in [-0.3, -0.25) is 9.97 Å². The Morgan fingerprint density at radius 3 is 1.56 bits per heavy atom. The van der Waals surface area contributed by atoms with Crippen LogP contribution >= 0.6 is 0 Å². The van der Waals surface area contributed by atoms with E-state index >= 15 is 4.39 Å². The van der Waals surface area contributed by atoms with E-state index < -0.39 is 0 Å². The number of quaternary nitrogens is 2. The third-order valence-corrected chi connectivity index (χ3v) is 15.6. The summed E-state index contributed by atoms with van der Waals surface area (Å²) < 4.78 is 33.2. The van der Waals surface area contributed by atoms with Crippen molar-refractivity contribution in [1.29, 1.82) is 0 Å². The monoisotopic (exact) mass is 794 g/mol. The van der Waals surface area contributed by atoms with Crippen LogP contribution in [-0.4, -0.2) is 70.4 Å². The minimum atomic E-state index is -0.149. The van der Waals surface area contributed by atoms with Gasteiger partial charge in [-0.25, -0.2) is 4.39 Å². The fourth-order valence-electron chi connectivity index (χ4n) is 12.7. The predicted octanol–water partition coefficient (Wildman–Crippen LogP) is 11.1. The van der Waals surface area contributed by atoms with E-state index in [1.807, 2.05) is 24.5 Å². The van der Waals surface area contributed by atoms with Gasteiger partial charge in [-0.15, -0.1) is 13.2 Å². The molecule has 3 aromatic carbocycles. The molecule has 5 aromatic rings. The lowest BCUT2D eigenvalue weighted by Crippen LogP contribution is -2.68. The molecule has 6 fully saturated rings. The van der Waals surface area contributed by atoms with Crippen LogP contribution in [0.5, 0.6) is 0 Å². The van der Waals surface area contributed by atoms with Gasteiger partial charge in [0, 0.05) is 71.8 Å². The highest BCUT2D eigenvalue weighted by atomic mass is 19.1. The molecule has 6 aliphatic rings. The largest absolute Gasteiger partial charge is 0.363 e. The van der Waals surface area contributed by atoms with E-state index in [0.29, 0.717) is 50.0 Å². The number of benzene rings is 3. The number of nitrogens with zero attached hydrogens (tertiary/aromatic N) is 4. The van der Waals surface area contributed by atoms with E-state index in [9.17, 15) is 0 Å². The summed E-state index contributed by atoms with van der Waals surface area (Å²) in [5.74, 6) is 2.54. The van der Waals surface area contributed by atoms with Crippen molar-refractivity contribution in [2.24, 2.45) is 23.7 Å². The maximum Gasteiger partial charge on any atom is 0.140 e. The SMILES string of the molecule is C=CCO[C@H](c1ccnc2ccccc12)[C@H]1C[C@@H]2CC[N@@+]1(Cc1cccc(C[N@@+]34CC[C@@H](C[C@@H]3[C@H](OCC=C)c3ccnc5ccccc35)[C@@H](CC)C4)c1F)C[C@@H]2CC. The molecule has 7 heteroatoms. The van der Waals surface area contributed by atoms with Gasteiger partial charge < -0.3 is 18.4 Å². The summed E-state index contributed by atoms with van der Waals surface area (Å²) in [6.07, 6.45) is 14.1. The Bertz CT molecular complexity index is 2130. The third-order valence-electron chi connectivity index (χ3n) is 15.6. The van der Waals surface area contributed by atoms with Gasteiger partial charge in [0.25, 0.3) is 0 Å². The number of hydrogen-bond donors (Lipinski definition) is 0. The van der Waals surface area contributed by atoms with Crippen LogP contribution < -0.4 is 0 Å². The minimum Gasteiger partial charge on any atom is -0.363 e. The van der Waals surface area contributed by atoms with E-state index in [1.165, 1.54) is 24.0 Å². The molecule has 308 valence electrons. The van der Waals surface area contributed by atoms with Gasteiger partial charge in [-0.1, -0.05) is 80.6 Å². The standard InChI is InChI=1S/C52H63FN4O2/c1-5-28-58-51(44-20-24-54-46-18-11-9-16-42(44)46)48-30-38-22-26-56(48,32-36(38)7-3)34-40-14-13-15-41(50(40)53)35-57-27-23-39(37(8-4)33-57)31-49(57)52(59-29-6-2)45-21-25-55-47-19-12-10-17-43(45)47/h5-6,9-21,24-25,36-39,48-49,51-52H,1-2,7-8,22-23,26-35H2,3-4H3/q+2/t36-,37-,38-,39-,48+,49+,51+,52+,56-,57-/m0/s1. The second-order valence-electron chi connectivity index (χ2n) is 18.4. The van der Waals surface area contributed by atoms with Crippen LogP contribution in [0.25, 0.3) is 21.8 Å². The Kier molecular flexibility index (Phi) is 11.6. The van der Waals surface area contributed by atoms with E-state index in [4.69, 9.17) is 19.4 Å². The van der Waals surface area contributed by atoms with E-state index in [2.05, 4.69) is 106 Å². The van der Waals surface area contributed by atoms with Crippen molar-refractivity contribution in [3.63, 3.8) is 0 Å².